The lowest BCUT2D eigenvalue weighted by Crippen LogP contribution is -2.10. The van der Waals surface area contributed by atoms with Crippen LogP contribution in [-0.2, 0) is 11.3 Å². The van der Waals surface area contributed by atoms with Crippen molar-refractivity contribution in [2.45, 2.75) is 12.6 Å². The largest absolute Gasteiger partial charge is 0.496 e. The number of hydrogen-bond acceptors (Lipinski definition) is 6. The van der Waals surface area contributed by atoms with Crippen LogP contribution in [0.4, 0.5) is 0 Å². The SMILES string of the molecule is COC(=O)c1cn(CC(O)c2ccccc2OC)nn1. The van der Waals surface area contributed by atoms with Gasteiger partial charge in [-0.2, -0.15) is 0 Å². The Bertz CT molecular complexity index is 597. The van der Waals surface area contributed by atoms with Crippen molar-refractivity contribution < 1.29 is 19.4 Å². The molecule has 1 aromatic heterocycles. The molecule has 0 amide bonds. The molecular weight excluding hydrogens is 262 g/mol. The molecule has 1 heterocycles. The van der Waals surface area contributed by atoms with E-state index in [2.05, 4.69) is 15.0 Å². The zero-order valence-electron chi connectivity index (χ0n) is 11.2. The summed E-state index contributed by atoms with van der Waals surface area (Å²) in [5, 5.41) is 17.6. The Morgan fingerprint density at radius 2 is 2.15 bits per heavy atom. The highest BCUT2D eigenvalue weighted by Crippen LogP contribution is 2.25. The Morgan fingerprint density at radius 1 is 1.40 bits per heavy atom. The van der Waals surface area contributed by atoms with E-state index in [4.69, 9.17) is 4.74 Å². The second kappa shape index (κ2) is 6.16. The molecule has 7 heteroatoms. The van der Waals surface area contributed by atoms with Crippen molar-refractivity contribution in [2.24, 2.45) is 0 Å². The van der Waals surface area contributed by atoms with E-state index in [9.17, 15) is 9.90 Å². The predicted molar refractivity (Wildman–Crippen MR) is 69.3 cm³/mol. The van der Waals surface area contributed by atoms with Gasteiger partial charge in [-0.1, -0.05) is 23.4 Å². The standard InChI is InChI=1S/C13H15N3O4/c1-19-12-6-4-3-5-9(12)11(17)8-16-7-10(14-15-16)13(18)20-2/h3-7,11,17H,8H2,1-2H3. The Morgan fingerprint density at radius 3 is 2.85 bits per heavy atom. The maximum Gasteiger partial charge on any atom is 0.360 e. The molecule has 0 aliphatic rings. The van der Waals surface area contributed by atoms with Crippen LogP contribution in [0.3, 0.4) is 0 Å². The van der Waals surface area contributed by atoms with Crippen LogP contribution in [0.2, 0.25) is 0 Å². The van der Waals surface area contributed by atoms with Gasteiger partial charge in [0.1, 0.15) is 11.9 Å². The van der Waals surface area contributed by atoms with Crippen LogP contribution in [-0.4, -0.2) is 40.3 Å². The van der Waals surface area contributed by atoms with E-state index in [1.807, 2.05) is 12.1 Å². The number of hydrogen-bond donors (Lipinski definition) is 1. The number of rotatable bonds is 5. The highest BCUT2D eigenvalue weighted by Gasteiger charge is 2.16. The number of para-hydroxylation sites is 1. The van der Waals surface area contributed by atoms with Gasteiger partial charge in [-0.05, 0) is 6.07 Å². The van der Waals surface area contributed by atoms with E-state index in [1.165, 1.54) is 25.1 Å². The maximum atomic E-state index is 11.3. The Labute approximate surface area is 115 Å². The summed E-state index contributed by atoms with van der Waals surface area (Å²) in [5.41, 5.74) is 0.741. The number of ether oxygens (including phenoxy) is 2. The third-order valence-corrected chi connectivity index (χ3v) is 2.79. The molecule has 0 saturated carbocycles. The summed E-state index contributed by atoms with van der Waals surface area (Å²) in [6.07, 6.45) is 0.600. The molecule has 0 bridgehead atoms. The molecule has 106 valence electrons. The van der Waals surface area contributed by atoms with Crippen molar-refractivity contribution in [1.82, 2.24) is 15.0 Å². The minimum absolute atomic E-state index is 0.0970. The highest BCUT2D eigenvalue weighted by molar-refractivity contribution is 5.86. The fourth-order valence-electron chi connectivity index (χ4n) is 1.80. The van der Waals surface area contributed by atoms with Gasteiger partial charge in [0.15, 0.2) is 5.69 Å². The lowest BCUT2D eigenvalue weighted by molar-refractivity contribution is 0.0593. The van der Waals surface area contributed by atoms with Gasteiger partial charge in [0.2, 0.25) is 0 Å². The van der Waals surface area contributed by atoms with E-state index >= 15 is 0 Å². The van der Waals surface area contributed by atoms with Gasteiger partial charge >= 0.3 is 5.97 Å². The number of carbonyl (C=O) groups is 1. The average Bonchev–Trinajstić information content (AvgIpc) is 2.94. The highest BCUT2D eigenvalue weighted by atomic mass is 16.5. The number of nitrogens with zero attached hydrogens (tertiary/aromatic N) is 3. The third-order valence-electron chi connectivity index (χ3n) is 2.79. The van der Waals surface area contributed by atoms with E-state index in [1.54, 1.807) is 12.1 Å². The maximum absolute atomic E-state index is 11.3. The topological polar surface area (TPSA) is 86.5 Å². The third kappa shape index (κ3) is 2.94. The van der Waals surface area contributed by atoms with Gasteiger partial charge in [-0.25, -0.2) is 9.48 Å². The second-order valence-electron chi connectivity index (χ2n) is 4.08. The van der Waals surface area contributed by atoms with Gasteiger partial charge in [0.05, 0.1) is 27.0 Å². The lowest BCUT2D eigenvalue weighted by Gasteiger charge is -2.14. The molecule has 0 aliphatic carbocycles. The van der Waals surface area contributed by atoms with Crippen LogP contribution in [0.25, 0.3) is 0 Å². The molecule has 1 N–H and O–H groups in total. The molecule has 2 rings (SSSR count). The van der Waals surface area contributed by atoms with E-state index in [0.29, 0.717) is 11.3 Å². The Kier molecular flexibility index (Phi) is 4.31. The van der Waals surface area contributed by atoms with E-state index < -0.39 is 12.1 Å². The van der Waals surface area contributed by atoms with Crippen LogP contribution in [0, 0.1) is 0 Å². The molecule has 0 spiro atoms. The van der Waals surface area contributed by atoms with Gasteiger partial charge in [0, 0.05) is 5.56 Å². The van der Waals surface area contributed by atoms with Crippen LogP contribution in [0.1, 0.15) is 22.2 Å². The zero-order chi connectivity index (χ0) is 14.5. The zero-order valence-corrected chi connectivity index (χ0v) is 11.2. The van der Waals surface area contributed by atoms with Gasteiger partial charge in [-0.15, -0.1) is 5.10 Å². The van der Waals surface area contributed by atoms with Crippen molar-refractivity contribution >= 4 is 5.97 Å². The molecule has 0 saturated heterocycles. The van der Waals surface area contributed by atoms with Crippen LogP contribution in [0.15, 0.2) is 30.5 Å². The van der Waals surface area contributed by atoms with Gasteiger partial charge in [-0.3, -0.25) is 0 Å². The first kappa shape index (κ1) is 14.0. The molecule has 0 aliphatic heterocycles. The molecule has 20 heavy (non-hydrogen) atoms. The van der Waals surface area contributed by atoms with E-state index in [0.717, 1.165) is 0 Å². The minimum atomic E-state index is -0.821. The number of methoxy groups -OCH3 is 2. The fraction of sp³-hybridized carbons (Fsp3) is 0.308. The quantitative estimate of drug-likeness (QED) is 0.814. The first-order valence-electron chi connectivity index (χ1n) is 5.95. The monoisotopic (exact) mass is 277 g/mol. The second-order valence-corrected chi connectivity index (χ2v) is 4.08. The summed E-state index contributed by atoms with van der Waals surface area (Å²) in [5.74, 6) is 0.0244. The molecule has 7 nitrogen and oxygen atoms in total. The Balaban J connectivity index is 2.13. The Hall–Kier alpha value is -2.41. The molecular formula is C13H15N3O4. The molecule has 1 atom stereocenters. The van der Waals surface area contributed by atoms with Crippen molar-refractivity contribution in [3.63, 3.8) is 0 Å². The normalized spacial score (nSPS) is 11.9. The first-order valence-corrected chi connectivity index (χ1v) is 5.95. The number of aliphatic hydroxyl groups excluding tert-OH is 1. The van der Waals surface area contributed by atoms with Gasteiger partial charge in [0.25, 0.3) is 0 Å². The van der Waals surface area contributed by atoms with Crippen molar-refractivity contribution in [2.75, 3.05) is 14.2 Å². The smallest absolute Gasteiger partial charge is 0.360 e. The van der Waals surface area contributed by atoms with Crippen molar-refractivity contribution in [3.05, 3.63) is 41.7 Å². The first-order chi connectivity index (χ1) is 9.65. The molecule has 1 unspecified atom stereocenters. The molecule has 2 aromatic rings. The summed E-state index contributed by atoms with van der Waals surface area (Å²) >= 11 is 0. The number of aromatic nitrogens is 3. The number of benzene rings is 1. The average molecular weight is 277 g/mol. The predicted octanol–water partition coefficient (Wildman–Crippen LogP) is 0.807. The van der Waals surface area contributed by atoms with E-state index in [-0.39, 0.29) is 12.2 Å². The van der Waals surface area contributed by atoms with Crippen LogP contribution >= 0.6 is 0 Å². The summed E-state index contributed by atoms with van der Waals surface area (Å²) < 4.78 is 11.1. The van der Waals surface area contributed by atoms with Gasteiger partial charge < -0.3 is 14.6 Å². The van der Waals surface area contributed by atoms with Crippen LogP contribution in [0.5, 0.6) is 5.75 Å². The lowest BCUT2D eigenvalue weighted by atomic mass is 10.1. The molecule has 0 radical (unpaired) electrons. The fourth-order valence-corrected chi connectivity index (χ4v) is 1.80. The minimum Gasteiger partial charge on any atom is -0.496 e. The van der Waals surface area contributed by atoms with Crippen LogP contribution < -0.4 is 4.74 Å². The summed E-state index contributed by atoms with van der Waals surface area (Å²) in [6, 6.07) is 7.16. The molecule has 1 aromatic carbocycles. The summed E-state index contributed by atoms with van der Waals surface area (Å²) in [7, 11) is 2.81. The van der Waals surface area contributed by atoms with Crippen molar-refractivity contribution in [3.8, 4) is 5.75 Å². The number of carbonyl (C=O) groups excluding carboxylic acids is 1. The summed E-state index contributed by atoms with van der Waals surface area (Å²) in [6.45, 7) is 0.157. The van der Waals surface area contributed by atoms with Crippen molar-refractivity contribution in [1.29, 1.82) is 0 Å². The number of aliphatic hydroxyl groups is 1. The molecule has 0 fully saturated rings. The summed E-state index contributed by atoms with van der Waals surface area (Å²) in [4.78, 5) is 11.3. The number of esters is 1.